The first kappa shape index (κ1) is 30.1. The number of benzene rings is 1. The lowest BCUT2D eigenvalue weighted by Gasteiger charge is -2.20. The summed E-state index contributed by atoms with van der Waals surface area (Å²) < 4.78 is 1.18. The Morgan fingerprint density at radius 2 is 0.778 bits per heavy atom. The van der Waals surface area contributed by atoms with Gasteiger partial charge in [-0.3, -0.25) is 0 Å². The molecule has 1 rings (SSSR count). The minimum Gasteiger partial charge on any atom is -0.175 e. The summed E-state index contributed by atoms with van der Waals surface area (Å²) in [5, 5.41) is 3.48. The number of thiol groups is 7. The van der Waals surface area contributed by atoms with E-state index in [-0.39, 0.29) is 0 Å². The Kier molecular flexibility index (Phi) is 23.3. The van der Waals surface area contributed by atoms with E-state index >= 15 is 0 Å². The topological polar surface area (TPSA) is 0 Å². The molecule has 0 unspecified atom stereocenters. The Bertz CT molecular complexity index is 390. The van der Waals surface area contributed by atoms with Crippen LogP contribution in [0, 0.1) is 0 Å². The zero-order valence-electron chi connectivity index (χ0n) is 14.8. The molecule has 0 atom stereocenters. The molecule has 0 aliphatic heterocycles. The molecule has 0 bridgehead atoms. The summed E-state index contributed by atoms with van der Waals surface area (Å²) in [6.45, 7) is 0. The monoisotopic (exact) mass is 572 g/mol. The van der Waals surface area contributed by atoms with Crippen molar-refractivity contribution in [2.24, 2.45) is 0 Å². The highest BCUT2D eigenvalue weighted by atomic mass is 32.2. The molecule has 0 radical (unpaired) electrons. The first-order chi connectivity index (χ1) is 13.1. The third kappa shape index (κ3) is 15.5. The molecule has 0 N–H and O–H groups in total. The van der Waals surface area contributed by atoms with Crippen LogP contribution in [0.1, 0.15) is 23.1 Å². The van der Waals surface area contributed by atoms with Crippen molar-refractivity contribution in [3.63, 3.8) is 0 Å². The van der Waals surface area contributed by atoms with E-state index in [1.54, 1.807) is 0 Å². The Hall–Kier alpha value is 3.07. The Labute approximate surface area is 221 Å². The molecule has 0 aliphatic rings. The van der Waals surface area contributed by atoms with E-state index in [1.165, 1.54) is 16.7 Å². The normalized spacial score (nSPS) is 11.0. The quantitative estimate of drug-likeness (QED) is 0.0966. The Morgan fingerprint density at radius 3 is 0.963 bits per heavy atom. The molecule has 0 fully saturated rings. The van der Waals surface area contributed by atoms with Crippen molar-refractivity contribution in [3.05, 3.63) is 34.9 Å². The summed E-state index contributed by atoms with van der Waals surface area (Å²) in [5.74, 6) is 2.34. The van der Waals surface area contributed by atoms with Crippen molar-refractivity contribution < 1.29 is 0 Å². The van der Waals surface area contributed by atoms with Crippen molar-refractivity contribution in [2.75, 3.05) is 20.3 Å². The van der Waals surface area contributed by atoms with E-state index in [9.17, 15) is 0 Å². The van der Waals surface area contributed by atoms with Gasteiger partial charge in [-0.15, -0.1) is 47.0 Å². The van der Waals surface area contributed by atoms with Crippen molar-refractivity contribution in [1.29, 1.82) is 0 Å². The first-order valence-corrected chi connectivity index (χ1v) is 16.5. The van der Waals surface area contributed by atoms with Crippen LogP contribution >= 0.6 is 135 Å². The van der Waals surface area contributed by atoms with E-state index in [4.69, 9.17) is 0 Å². The average molecular weight is 573 g/mol. The lowest BCUT2D eigenvalue weighted by molar-refractivity contribution is 1.03. The number of thioether (sulfide) groups is 4. The van der Waals surface area contributed by atoms with Gasteiger partial charge in [-0.25, -0.2) is 0 Å². The Balaban J connectivity index is 0.000000511. The number of rotatable bonds is 13. The van der Waals surface area contributed by atoms with Crippen molar-refractivity contribution in [1.82, 2.24) is 0 Å². The van der Waals surface area contributed by atoms with Gasteiger partial charge in [0.25, 0.3) is 0 Å². The summed E-state index contributed by atoms with van der Waals surface area (Å²) in [4.78, 5) is 0. The molecule has 0 nitrogen and oxygen atoms in total. The highest BCUT2D eigenvalue weighted by Gasteiger charge is 2.16. The highest BCUT2D eigenvalue weighted by molar-refractivity contribution is 8.24. The summed E-state index contributed by atoms with van der Waals surface area (Å²) in [7, 11) is 0. The van der Waals surface area contributed by atoms with Gasteiger partial charge in [-0.05, 0) is 23.1 Å². The molecule has 11 heteroatoms. The average Bonchev–Trinajstić information content (AvgIpc) is 2.68. The van der Waals surface area contributed by atoms with Crippen molar-refractivity contribution >= 4 is 135 Å². The molecule has 1 aromatic rings. The molecule has 158 valence electrons. The zero-order valence-corrected chi connectivity index (χ0v) is 24.3. The standard InChI is InChI=1S/C9H12S3.C7H16S8/c10-4-7-1-8(5-11)3-9(2-7)6-12;8-2-12-6(13-3-9)1-7(14-4-10)15-5-11/h1-3,10-12H,4-6H2;6-11H,1-5H2. The minimum atomic E-state index is 0.588. The highest BCUT2D eigenvalue weighted by Crippen LogP contribution is 2.37. The van der Waals surface area contributed by atoms with Gasteiger partial charge in [0.1, 0.15) is 0 Å². The molecule has 0 heterocycles. The fourth-order valence-electron chi connectivity index (χ4n) is 1.97. The third-order valence-corrected chi connectivity index (χ3v) is 10.5. The van der Waals surface area contributed by atoms with Crippen molar-refractivity contribution in [2.45, 2.75) is 32.8 Å². The molecule has 0 saturated carbocycles. The maximum Gasteiger partial charge on any atom is 0.0537 e. The van der Waals surface area contributed by atoms with Crippen LogP contribution in [0.4, 0.5) is 0 Å². The predicted octanol–water partition coefficient (Wildman–Crippen LogP) is 7.49. The van der Waals surface area contributed by atoms with Gasteiger partial charge in [0.05, 0.1) is 9.16 Å². The second-order valence-electron chi connectivity index (χ2n) is 4.91. The van der Waals surface area contributed by atoms with E-state index in [2.05, 4.69) is 107 Å². The SMILES string of the molecule is SCSC(CC(SCS)SCS)SCS.SCc1cc(CS)cc(CS)c1. The predicted molar refractivity (Wildman–Crippen MR) is 162 cm³/mol. The number of hydrogen-bond donors (Lipinski definition) is 7. The summed E-state index contributed by atoms with van der Waals surface area (Å²) in [6.07, 6.45) is 1.16. The lowest BCUT2D eigenvalue weighted by Crippen LogP contribution is -2.08. The molecular formula is C16H28S11. The second kappa shape index (κ2) is 20.9. The first-order valence-electron chi connectivity index (χ1n) is 7.92. The molecule has 0 spiro atoms. The van der Waals surface area contributed by atoms with Crippen LogP contribution in [0.25, 0.3) is 0 Å². The second-order valence-corrected chi connectivity index (χ2v) is 14.2. The molecule has 0 aliphatic carbocycles. The van der Waals surface area contributed by atoms with Crippen LogP contribution in [-0.4, -0.2) is 29.5 Å². The lowest BCUT2D eigenvalue weighted by atomic mass is 10.1. The molecule has 27 heavy (non-hydrogen) atoms. The van der Waals surface area contributed by atoms with Gasteiger partial charge in [-0.1, -0.05) is 18.2 Å². The van der Waals surface area contributed by atoms with E-state index in [0.717, 1.165) is 44.0 Å². The van der Waals surface area contributed by atoms with Gasteiger partial charge in [0.2, 0.25) is 0 Å². The molecule has 0 amide bonds. The zero-order chi connectivity index (χ0) is 20.5. The Morgan fingerprint density at radius 1 is 0.519 bits per heavy atom. The van der Waals surface area contributed by atoms with Crippen LogP contribution < -0.4 is 0 Å². The van der Waals surface area contributed by atoms with Gasteiger partial charge in [-0.2, -0.15) is 88.4 Å². The van der Waals surface area contributed by atoms with Gasteiger partial charge >= 0.3 is 0 Å². The fraction of sp³-hybridized carbons (Fsp3) is 0.625. The minimum absolute atomic E-state index is 0.588. The fourth-order valence-corrected chi connectivity index (χ4v) is 9.94. The maximum atomic E-state index is 4.26. The molecular weight excluding hydrogens is 545 g/mol. The van der Waals surface area contributed by atoms with Gasteiger partial charge in [0, 0.05) is 37.6 Å². The summed E-state index contributed by atoms with van der Waals surface area (Å²) in [6, 6.07) is 6.40. The van der Waals surface area contributed by atoms with Crippen LogP contribution in [0.5, 0.6) is 0 Å². The smallest absolute Gasteiger partial charge is 0.0537 e. The van der Waals surface area contributed by atoms with Crippen LogP contribution in [0.15, 0.2) is 18.2 Å². The summed E-state index contributed by atoms with van der Waals surface area (Å²) in [5.41, 5.74) is 3.73. The van der Waals surface area contributed by atoms with E-state index in [0.29, 0.717) is 9.16 Å². The van der Waals surface area contributed by atoms with Crippen LogP contribution in [0.2, 0.25) is 0 Å². The number of hydrogen-bond acceptors (Lipinski definition) is 11. The van der Waals surface area contributed by atoms with Crippen LogP contribution in [-0.2, 0) is 17.3 Å². The third-order valence-electron chi connectivity index (χ3n) is 3.09. The van der Waals surface area contributed by atoms with E-state index in [1.807, 2.05) is 47.0 Å². The molecule has 0 aromatic heterocycles. The largest absolute Gasteiger partial charge is 0.175 e. The van der Waals surface area contributed by atoms with Gasteiger partial charge in [0.15, 0.2) is 0 Å². The molecule has 0 saturated heterocycles. The summed E-state index contributed by atoms with van der Waals surface area (Å²) >= 11 is 37.3. The van der Waals surface area contributed by atoms with Gasteiger partial charge < -0.3 is 0 Å². The maximum absolute atomic E-state index is 4.26. The van der Waals surface area contributed by atoms with E-state index < -0.39 is 0 Å². The molecule has 1 aromatic carbocycles. The van der Waals surface area contributed by atoms with Crippen LogP contribution in [0.3, 0.4) is 0 Å². The van der Waals surface area contributed by atoms with Crippen molar-refractivity contribution in [3.8, 4) is 0 Å².